The van der Waals surface area contributed by atoms with E-state index in [1.807, 2.05) is 24.3 Å². The van der Waals surface area contributed by atoms with Crippen LogP contribution in [0.5, 0.6) is 0 Å². The molecular weight excluding hydrogens is 270 g/mol. The Bertz CT molecular complexity index is 587. The summed E-state index contributed by atoms with van der Waals surface area (Å²) in [4.78, 5) is 11.1. The molecule has 0 saturated carbocycles. The summed E-state index contributed by atoms with van der Waals surface area (Å²) in [6.45, 7) is 6.73. The third kappa shape index (κ3) is 4.01. The Morgan fingerprint density at radius 2 is 2.00 bits per heavy atom. The van der Waals surface area contributed by atoms with Crippen LogP contribution in [0.25, 0.3) is 0 Å². The van der Waals surface area contributed by atoms with Crippen molar-refractivity contribution in [2.24, 2.45) is 5.73 Å². The molecule has 112 valence electrons. The molecule has 0 aliphatic heterocycles. The number of hydrogen-bond acceptors (Lipinski definition) is 5. The van der Waals surface area contributed by atoms with E-state index in [0.29, 0.717) is 6.54 Å². The molecule has 0 aliphatic rings. The number of rotatable bonds is 4. The molecule has 0 fully saturated rings. The third-order valence-electron chi connectivity index (χ3n) is 3.15. The average Bonchev–Trinajstić information content (AvgIpc) is 2.89. The van der Waals surface area contributed by atoms with Crippen LogP contribution in [0, 0.1) is 0 Å². The number of amides is 1. The van der Waals surface area contributed by atoms with Crippen LogP contribution in [0.4, 0.5) is 4.79 Å². The van der Waals surface area contributed by atoms with Gasteiger partial charge in [-0.1, -0.05) is 45.0 Å². The summed E-state index contributed by atoms with van der Waals surface area (Å²) in [6.07, 6.45) is 0.105. The highest BCUT2D eigenvalue weighted by atomic mass is 16.6. The molecule has 1 heterocycles. The molecule has 1 aromatic heterocycles. The van der Waals surface area contributed by atoms with Crippen LogP contribution < -0.4 is 5.73 Å². The van der Waals surface area contributed by atoms with Gasteiger partial charge in [0.15, 0.2) is 0 Å². The number of nitrogens with two attached hydrogens (primary N) is 1. The fourth-order valence-electron chi connectivity index (χ4n) is 1.98. The Labute approximate surface area is 123 Å². The Morgan fingerprint density at radius 1 is 1.33 bits per heavy atom. The van der Waals surface area contributed by atoms with Crippen molar-refractivity contribution in [1.82, 2.24) is 20.2 Å². The van der Waals surface area contributed by atoms with Crippen molar-refractivity contribution in [3.8, 4) is 0 Å². The molecule has 21 heavy (non-hydrogen) atoms. The number of hydrogen-bond donors (Lipinski definition) is 1. The smallest absolute Gasteiger partial charge is 0.405 e. The summed E-state index contributed by atoms with van der Waals surface area (Å²) in [5.41, 5.74) is 7.25. The van der Waals surface area contributed by atoms with Crippen LogP contribution in [0.2, 0.25) is 0 Å². The van der Waals surface area contributed by atoms with E-state index in [0.717, 1.165) is 5.56 Å². The van der Waals surface area contributed by atoms with E-state index in [1.165, 1.54) is 16.6 Å². The molecule has 2 rings (SSSR count). The van der Waals surface area contributed by atoms with Crippen molar-refractivity contribution in [3.05, 3.63) is 41.7 Å². The topological polar surface area (TPSA) is 95.9 Å². The van der Waals surface area contributed by atoms with Crippen LogP contribution in [-0.2, 0) is 16.7 Å². The van der Waals surface area contributed by atoms with E-state index in [4.69, 9.17) is 10.5 Å². The van der Waals surface area contributed by atoms with Crippen molar-refractivity contribution in [1.29, 1.82) is 0 Å². The van der Waals surface area contributed by atoms with Gasteiger partial charge in [-0.2, -0.15) is 0 Å². The Morgan fingerprint density at radius 3 is 2.48 bits per heavy atom. The van der Waals surface area contributed by atoms with Gasteiger partial charge in [-0.25, -0.2) is 9.48 Å². The van der Waals surface area contributed by atoms with Gasteiger partial charge in [0.05, 0.1) is 6.54 Å². The third-order valence-corrected chi connectivity index (χ3v) is 3.15. The molecule has 1 aromatic carbocycles. The van der Waals surface area contributed by atoms with Crippen molar-refractivity contribution in [2.75, 3.05) is 0 Å². The summed E-state index contributed by atoms with van der Waals surface area (Å²) in [7, 11) is 0. The summed E-state index contributed by atoms with van der Waals surface area (Å²) >= 11 is 0. The zero-order chi connectivity index (χ0) is 15.5. The monoisotopic (exact) mass is 289 g/mol. The fraction of sp³-hybridized carbons (Fsp3) is 0.429. The summed E-state index contributed by atoms with van der Waals surface area (Å²) in [5, 5.41) is 10.9. The molecule has 2 N–H and O–H groups in total. The minimum atomic E-state index is -0.826. The second-order valence-corrected chi connectivity index (χ2v) is 5.83. The van der Waals surface area contributed by atoms with E-state index >= 15 is 0 Å². The number of aromatic nitrogens is 4. The molecule has 7 heteroatoms. The van der Waals surface area contributed by atoms with Gasteiger partial charge in [0.1, 0.15) is 12.4 Å². The van der Waals surface area contributed by atoms with Crippen LogP contribution >= 0.6 is 0 Å². The lowest BCUT2D eigenvalue weighted by atomic mass is 9.86. The lowest BCUT2D eigenvalue weighted by molar-refractivity contribution is 0.0929. The first-order chi connectivity index (χ1) is 9.86. The van der Waals surface area contributed by atoms with Gasteiger partial charge < -0.3 is 10.5 Å². The van der Waals surface area contributed by atoms with Crippen LogP contribution in [-0.4, -0.2) is 26.3 Å². The quantitative estimate of drug-likeness (QED) is 0.926. The van der Waals surface area contributed by atoms with Crippen molar-refractivity contribution in [3.63, 3.8) is 0 Å². The number of carbonyl (C=O) groups excluding carboxylic acids is 1. The predicted molar refractivity (Wildman–Crippen MR) is 76.4 cm³/mol. The first-order valence-corrected chi connectivity index (χ1v) is 6.63. The lowest BCUT2D eigenvalue weighted by Gasteiger charge is -2.21. The van der Waals surface area contributed by atoms with Crippen molar-refractivity contribution in [2.45, 2.75) is 38.8 Å². The van der Waals surface area contributed by atoms with Crippen molar-refractivity contribution < 1.29 is 9.53 Å². The molecular formula is C14H19N5O2. The number of nitrogens with zero attached hydrogens (tertiary/aromatic N) is 4. The van der Waals surface area contributed by atoms with Gasteiger partial charge in [-0.3, -0.25) is 0 Å². The number of carbonyl (C=O) groups is 1. The van der Waals surface area contributed by atoms with Crippen LogP contribution in [0.1, 0.15) is 38.0 Å². The zero-order valence-corrected chi connectivity index (χ0v) is 12.4. The zero-order valence-electron chi connectivity index (χ0n) is 12.4. The maximum absolute atomic E-state index is 11.1. The van der Waals surface area contributed by atoms with Gasteiger partial charge in [0.25, 0.3) is 0 Å². The summed E-state index contributed by atoms with van der Waals surface area (Å²) < 4.78 is 6.65. The van der Waals surface area contributed by atoms with E-state index in [-0.39, 0.29) is 5.41 Å². The molecule has 1 amide bonds. The van der Waals surface area contributed by atoms with Gasteiger partial charge in [0.2, 0.25) is 0 Å². The highest BCUT2D eigenvalue weighted by Gasteiger charge is 2.19. The molecule has 2 aromatic rings. The largest absolute Gasteiger partial charge is 0.440 e. The Balaban J connectivity index is 2.22. The highest BCUT2D eigenvalue weighted by molar-refractivity contribution is 5.65. The molecule has 0 radical (unpaired) electrons. The molecule has 7 nitrogen and oxygen atoms in total. The Kier molecular flexibility index (Phi) is 4.21. The molecule has 0 spiro atoms. The Hall–Kier alpha value is -2.44. The van der Waals surface area contributed by atoms with Crippen LogP contribution in [0.3, 0.4) is 0 Å². The van der Waals surface area contributed by atoms with E-state index in [9.17, 15) is 4.79 Å². The number of primary amides is 1. The second kappa shape index (κ2) is 5.90. The second-order valence-electron chi connectivity index (χ2n) is 5.83. The predicted octanol–water partition coefficient (Wildman–Crippen LogP) is 1.81. The molecule has 0 aliphatic carbocycles. The first-order valence-electron chi connectivity index (χ1n) is 6.63. The van der Waals surface area contributed by atoms with Gasteiger partial charge >= 0.3 is 6.09 Å². The summed E-state index contributed by atoms with van der Waals surface area (Å²) in [6, 6.07) is 7.90. The highest BCUT2D eigenvalue weighted by Crippen LogP contribution is 2.25. The first kappa shape index (κ1) is 15.0. The number of ether oxygens (including phenoxy) is 1. The molecule has 0 saturated heterocycles. The molecule has 1 atom stereocenters. The van der Waals surface area contributed by atoms with Gasteiger partial charge in [-0.15, -0.1) is 5.10 Å². The van der Waals surface area contributed by atoms with E-state index in [1.54, 1.807) is 0 Å². The maximum Gasteiger partial charge on any atom is 0.405 e. The minimum absolute atomic E-state index is 0.0639. The fourth-order valence-corrected chi connectivity index (χ4v) is 1.98. The van der Waals surface area contributed by atoms with Crippen LogP contribution in [0.15, 0.2) is 30.6 Å². The maximum atomic E-state index is 11.1. The van der Waals surface area contributed by atoms with Crippen molar-refractivity contribution >= 4 is 6.09 Å². The number of tetrazole rings is 1. The molecule has 1 unspecified atom stereocenters. The van der Waals surface area contributed by atoms with Gasteiger partial charge in [0, 0.05) is 0 Å². The summed E-state index contributed by atoms with van der Waals surface area (Å²) in [5.74, 6) is 0. The standard InChI is InChI=1S/C14H19N5O2/c1-14(2,3)11-6-4-10(5-7-11)12(21-13(15)20)8-19-9-16-17-18-19/h4-7,9,12H,8H2,1-3H3,(H2,15,20). The molecule has 0 bridgehead atoms. The average molecular weight is 289 g/mol. The number of benzene rings is 1. The van der Waals surface area contributed by atoms with E-state index < -0.39 is 12.2 Å². The minimum Gasteiger partial charge on any atom is -0.440 e. The van der Waals surface area contributed by atoms with E-state index in [2.05, 4.69) is 36.3 Å². The van der Waals surface area contributed by atoms with Gasteiger partial charge in [-0.05, 0) is 27.0 Å². The normalized spacial score (nSPS) is 12.9. The SMILES string of the molecule is CC(C)(C)c1ccc(C(Cn2cnnn2)OC(N)=O)cc1. The lowest BCUT2D eigenvalue weighted by Crippen LogP contribution is -2.21.